The molecular weight excluding hydrogens is 220 g/mol. The van der Waals surface area contributed by atoms with Crippen LogP contribution in [0.4, 0.5) is 17.3 Å². The van der Waals surface area contributed by atoms with Gasteiger partial charge in [-0.25, -0.2) is 9.97 Å². The van der Waals surface area contributed by atoms with E-state index in [1.807, 2.05) is 13.2 Å². The molecule has 0 spiro atoms. The van der Waals surface area contributed by atoms with Gasteiger partial charge < -0.3 is 15.4 Å². The van der Waals surface area contributed by atoms with Crippen molar-refractivity contribution in [2.45, 2.75) is 0 Å². The fourth-order valence-electron chi connectivity index (χ4n) is 1.46. The summed E-state index contributed by atoms with van der Waals surface area (Å²) in [4.78, 5) is 8.21. The predicted octanol–water partition coefficient (Wildman–Crippen LogP) is 1.00. The Morgan fingerprint density at radius 1 is 1.29 bits per heavy atom. The lowest BCUT2D eigenvalue weighted by atomic mass is 10.4. The highest BCUT2D eigenvalue weighted by molar-refractivity contribution is 5.68. The van der Waals surface area contributed by atoms with Crippen molar-refractivity contribution in [3.63, 3.8) is 0 Å². The summed E-state index contributed by atoms with van der Waals surface area (Å²) in [5, 5.41) is 10.1. The minimum atomic E-state index is 0.568. The van der Waals surface area contributed by atoms with Gasteiger partial charge in [-0.1, -0.05) is 0 Å². The van der Waals surface area contributed by atoms with Crippen LogP contribution in [0, 0.1) is 0 Å². The van der Waals surface area contributed by atoms with E-state index in [4.69, 9.17) is 4.74 Å². The van der Waals surface area contributed by atoms with Crippen molar-refractivity contribution in [2.24, 2.45) is 7.05 Å². The Bertz CT molecular complexity index is 509. The fraction of sp³-hybridized carbons (Fsp3) is 0.300. The van der Waals surface area contributed by atoms with Crippen LogP contribution >= 0.6 is 0 Å². The van der Waals surface area contributed by atoms with E-state index in [0.717, 1.165) is 5.69 Å². The molecule has 0 aliphatic heterocycles. The van der Waals surface area contributed by atoms with Crippen LogP contribution in [-0.4, -0.2) is 33.9 Å². The van der Waals surface area contributed by atoms with Gasteiger partial charge in [0.05, 0.1) is 19.0 Å². The first-order chi connectivity index (χ1) is 8.24. The smallest absolute Gasteiger partial charge is 0.204 e. The van der Waals surface area contributed by atoms with Crippen LogP contribution in [0.3, 0.4) is 0 Å². The van der Waals surface area contributed by atoms with E-state index in [1.54, 1.807) is 25.0 Å². The molecule has 7 nitrogen and oxygen atoms in total. The van der Waals surface area contributed by atoms with Crippen LogP contribution in [-0.2, 0) is 7.05 Å². The average molecular weight is 234 g/mol. The van der Waals surface area contributed by atoms with Crippen LogP contribution in [0.5, 0.6) is 5.75 Å². The molecule has 0 aliphatic carbocycles. The fourth-order valence-corrected chi connectivity index (χ4v) is 1.46. The van der Waals surface area contributed by atoms with Gasteiger partial charge in [0.1, 0.15) is 6.33 Å². The summed E-state index contributed by atoms with van der Waals surface area (Å²) < 4.78 is 6.97. The molecule has 0 fully saturated rings. The maximum atomic E-state index is 5.27. The number of nitrogens with one attached hydrogen (secondary N) is 2. The Hall–Kier alpha value is -2.31. The van der Waals surface area contributed by atoms with Crippen molar-refractivity contribution in [2.75, 3.05) is 24.8 Å². The minimum Gasteiger partial charge on any atom is -0.490 e. The van der Waals surface area contributed by atoms with E-state index in [1.165, 1.54) is 6.33 Å². The topological polar surface area (TPSA) is 76.9 Å². The van der Waals surface area contributed by atoms with Crippen molar-refractivity contribution in [1.29, 1.82) is 0 Å². The largest absolute Gasteiger partial charge is 0.490 e. The maximum Gasteiger partial charge on any atom is 0.204 e. The number of nitrogens with zero attached hydrogens (tertiary/aromatic N) is 4. The lowest BCUT2D eigenvalue weighted by Crippen LogP contribution is -2.02. The molecule has 0 amide bonds. The number of anilines is 3. The van der Waals surface area contributed by atoms with Gasteiger partial charge >= 0.3 is 0 Å². The summed E-state index contributed by atoms with van der Waals surface area (Å²) in [5.41, 5.74) is 0.839. The molecule has 7 heteroatoms. The third kappa shape index (κ3) is 2.27. The highest BCUT2D eigenvalue weighted by atomic mass is 16.5. The van der Waals surface area contributed by atoms with Crippen LogP contribution in [0.25, 0.3) is 0 Å². The Morgan fingerprint density at radius 2 is 2.06 bits per heavy atom. The average Bonchev–Trinajstić information content (AvgIpc) is 2.74. The number of ether oxygens (including phenoxy) is 1. The first kappa shape index (κ1) is 11.2. The lowest BCUT2D eigenvalue weighted by molar-refractivity contribution is 0.415. The van der Waals surface area contributed by atoms with E-state index in [-0.39, 0.29) is 0 Å². The maximum absolute atomic E-state index is 5.27. The molecule has 0 bridgehead atoms. The first-order valence-electron chi connectivity index (χ1n) is 5.07. The Kier molecular flexibility index (Phi) is 3.08. The normalized spacial score (nSPS) is 10.1. The SMILES string of the molecule is CNc1ncnc(Nc2cnn(C)c2)c1OC. The van der Waals surface area contributed by atoms with Gasteiger partial charge in [-0.05, 0) is 0 Å². The third-order valence-electron chi connectivity index (χ3n) is 2.21. The number of hydrogen-bond donors (Lipinski definition) is 2. The zero-order valence-corrected chi connectivity index (χ0v) is 9.93. The molecule has 2 heterocycles. The van der Waals surface area contributed by atoms with E-state index in [0.29, 0.717) is 17.4 Å². The number of aromatic nitrogens is 4. The highest BCUT2D eigenvalue weighted by Gasteiger charge is 2.11. The number of aryl methyl sites for hydroxylation is 1. The Balaban J connectivity index is 2.32. The summed E-state index contributed by atoms with van der Waals surface area (Å²) in [6.07, 6.45) is 5.02. The second-order valence-electron chi connectivity index (χ2n) is 3.38. The lowest BCUT2D eigenvalue weighted by Gasteiger charge is -2.11. The second-order valence-corrected chi connectivity index (χ2v) is 3.38. The molecule has 2 aromatic heterocycles. The molecule has 2 N–H and O–H groups in total. The standard InChI is InChI=1S/C10H14N6O/c1-11-9-8(17-3)10(13-6-12-9)15-7-4-14-16(2)5-7/h4-6H,1-3H3,(H2,11,12,13,15). The molecule has 0 saturated carbocycles. The molecule has 2 rings (SSSR count). The zero-order chi connectivity index (χ0) is 12.3. The number of rotatable bonds is 4. The van der Waals surface area contributed by atoms with E-state index in [9.17, 15) is 0 Å². The summed E-state index contributed by atoms with van der Waals surface area (Å²) in [7, 11) is 5.20. The first-order valence-corrected chi connectivity index (χ1v) is 5.07. The second kappa shape index (κ2) is 4.69. The van der Waals surface area contributed by atoms with Crippen molar-refractivity contribution >= 4 is 17.3 Å². The Morgan fingerprint density at radius 3 is 2.65 bits per heavy atom. The van der Waals surface area contributed by atoms with Crippen LogP contribution in [0.1, 0.15) is 0 Å². The molecular formula is C10H14N6O. The van der Waals surface area contributed by atoms with Crippen molar-refractivity contribution in [3.8, 4) is 5.75 Å². The quantitative estimate of drug-likeness (QED) is 0.822. The van der Waals surface area contributed by atoms with E-state index >= 15 is 0 Å². The van der Waals surface area contributed by atoms with Crippen molar-refractivity contribution < 1.29 is 4.74 Å². The molecule has 0 unspecified atom stereocenters. The number of hydrogen-bond acceptors (Lipinski definition) is 6. The molecule has 0 saturated heterocycles. The molecule has 90 valence electrons. The zero-order valence-electron chi connectivity index (χ0n) is 9.93. The predicted molar refractivity (Wildman–Crippen MR) is 64.6 cm³/mol. The van der Waals surface area contributed by atoms with Crippen LogP contribution in [0.15, 0.2) is 18.7 Å². The highest BCUT2D eigenvalue weighted by Crippen LogP contribution is 2.30. The summed E-state index contributed by atoms with van der Waals surface area (Å²) in [6, 6.07) is 0. The molecule has 0 radical (unpaired) electrons. The molecule has 0 atom stereocenters. The van der Waals surface area contributed by atoms with Gasteiger partial charge in [-0.15, -0.1) is 0 Å². The van der Waals surface area contributed by atoms with E-state index < -0.39 is 0 Å². The van der Waals surface area contributed by atoms with Crippen molar-refractivity contribution in [1.82, 2.24) is 19.7 Å². The summed E-state index contributed by atoms with van der Waals surface area (Å²) in [6.45, 7) is 0. The van der Waals surface area contributed by atoms with Gasteiger partial charge in [0.25, 0.3) is 0 Å². The van der Waals surface area contributed by atoms with Gasteiger partial charge in [-0.2, -0.15) is 5.10 Å². The van der Waals surface area contributed by atoms with Crippen LogP contribution in [0.2, 0.25) is 0 Å². The van der Waals surface area contributed by atoms with Gasteiger partial charge in [0, 0.05) is 20.3 Å². The van der Waals surface area contributed by atoms with Crippen molar-refractivity contribution in [3.05, 3.63) is 18.7 Å². The molecule has 2 aromatic rings. The minimum absolute atomic E-state index is 0.568. The molecule has 0 aromatic carbocycles. The summed E-state index contributed by atoms with van der Waals surface area (Å²) in [5.74, 6) is 1.80. The molecule has 17 heavy (non-hydrogen) atoms. The number of methoxy groups -OCH3 is 1. The molecule has 0 aliphatic rings. The Labute approximate surface area is 98.8 Å². The van der Waals surface area contributed by atoms with Gasteiger partial charge in [0.2, 0.25) is 5.75 Å². The van der Waals surface area contributed by atoms with E-state index in [2.05, 4.69) is 25.7 Å². The monoisotopic (exact) mass is 234 g/mol. The third-order valence-corrected chi connectivity index (χ3v) is 2.21. The van der Waals surface area contributed by atoms with Gasteiger partial charge in [-0.3, -0.25) is 4.68 Å². The summed E-state index contributed by atoms with van der Waals surface area (Å²) >= 11 is 0. The van der Waals surface area contributed by atoms with Crippen LogP contribution < -0.4 is 15.4 Å². The van der Waals surface area contributed by atoms with Gasteiger partial charge in [0.15, 0.2) is 11.6 Å².